The Hall–Kier alpha value is -3.60. The topological polar surface area (TPSA) is 45.5 Å². The van der Waals surface area contributed by atoms with E-state index in [9.17, 15) is 9.18 Å². The van der Waals surface area contributed by atoms with Crippen molar-refractivity contribution in [2.45, 2.75) is 32.1 Å². The molecule has 0 unspecified atom stereocenters. The van der Waals surface area contributed by atoms with Crippen molar-refractivity contribution in [2.24, 2.45) is 5.92 Å². The SMILES string of the molecule is CNC(=O)c1c(-c2ccc(F)cc2)oc2cc(N(C)CC3CCCCC3)c(-c3ccccc3)cc12. The van der Waals surface area contributed by atoms with Crippen molar-refractivity contribution in [2.75, 3.05) is 25.5 Å². The second-order valence-corrected chi connectivity index (χ2v) is 9.51. The first-order valence-electron chi connectivity index (χ1n) is 12.4. The highest BCUT2D eigenvalue weighted by atomic mass is 19.1. The summed E-state index contributed by atoms with van der Waals surface area (Å²) in [4.78, 5) is 15.4. The third-order valence-electron chi connectivity index (χ3n) is 7.12. The molecule has 180 valence electrons. The van der Waals surface area contributed by atoms with Crippen LogP contribution in [0.2, 0.25) is 0 Å². The van der Waals surface area contributed by atoms with Gasteiger partial charge in [-0.15, -0.1) is 0 Å². The van der Waals surface area contributed by atoms with Gasteiger partial charge in [-0.05, 0) is 54.7 Å². The Bertz CT molecular complexity index is 1320. The summed E-state index contributed by atoms with van der Waals surface area (Å²) in [6, 6.07) is 20.4. The van der Waals surface area contributed by atoms with Crippen molar-refractivity contribution in [1.29, 1.82) is 0 Å². The van der Waals surface area contributed by atoms with Crippen molar-refractivity contribution in [1.82, 2.24) is 5.32 Å². The van der Waals surface area contributed by atoms with Crippen LogP contribution in [-0.4, -0.2) is 26.5 Å². The lowest BCUT2D eigenvalue weighted by molar-refractivity contribution is 0.0964. The lowest BCUT2D eigenvalue weighted by atomic mass is 9.88. The predicted molar refractivity (Wildman–Crippen MR) is 140 cm³/mol. The fourth-order valence-corrected chi connectivity index (χ4v) is 5.31. The number of anilines is 1. The summed E-state index contributed by atoms with van der Waals surface area (Å²) in [5.74, 6) is 0.570. The van der Waals surface area contributed by atoms with Gasteiger partial charge in [0.2, 0.25) is 0 Å². The van der Waals surface area contributed by atoms with Crippen LogP contribution in [0.3, 0.4) is 0 Å². The lowest BCUT2D eigenvalue weighted by Gasteiger charge is -2.30. The highest BCUT2D eigenvalue weighted by molar-refractivity contribution is 6.12. The summed E-state index contributed by atoms with van der Waals surface area (Å²) in [6.45, 7) is 0.985. The molecule has 4 nitrogen and oxygen atoms in total. The zero-order chi connectivity index (χ0) is 24.4. The van der Waals surface area contributed by atoms with E-state index in [-0.39, 0.29) is 11.7 Å². The maximum Gasteiger partial charge on any atom is 0.255 e. The molecule has 0 saturated heterocycles. The summed E-state index contributed by atoms with van der Waals surface area (Å²) in [7, 11) is 3.76. The first-order chi connectivity index (χ1) is 17.0. The number of benzene rings is 3. The van der Waals surface area contributed by atoms with E-state index in [0.29, 0.717) is 28.4 Å². The zero-order valence-corrected chi connectivity index (χ0v) is 20.3. The van der Waals surface area contributed by atoms with Gasteiger partial charge in [-0.25, -0.2) is 4.39 Å². The average molecular weight is 471 g/mol. The molecule has 1 N–H and O–H groups in total. The van der Waals surface area contributed by atoms with Gasteiger partial charge in [-0.1, -0.05) is 49.6 Å². The third kappa shape index (κ3) is 4.68. The number of nitrogens with zero attached hydrogens (tertiary/aromatic N) is 1. The molecule has 1 aliphatic carbocycles. The van der Waals surface area contributed by atoms with Gasteiger partial charge in [0.25, 0.3) is 5.91 Å². The molecule has 4 aromatic rings. The van der Waals surface area contributed by atoms with Crippen LogP contribution in [0.4, 0.5) is 10.1 Å². The van der Waals surface area contributed by atoms with E-state index >= 15 is 0 Å². The number of nitrogens with one attached hydrogen (secondary N) is 1. The molecule has 1 heterocycles. The summed E-state index contributed by atoms with van der Waals surface area (Å²) in [5, 5.41) is 3.50. The van der Waals surface area contributed by atoms with E-state index in [2.05, 4.69) is 41.5 Å². The van der Waals surface area contributed by atoms with Crippen LogP contribution in [0.15, 0.2) is 71.1 Å². The highest BCUT2D eigenvalue weighted by Crippen LogP contribution is 2.41. The second-order valence-electron chi connectivity index (χ2n) is 9.51. The molecule has 1 amide bonds. The normalized spacial score (nSPS) is 14.3. The first kappa shape index (κ1) is 23.2. The van der Waals surface area contributed by atoms with Crippen LogP contribution in [0.1, 0.15) is 42.5 Å². The maximum atomic E-state index is 13.6. The number of hydrogen-bond acceptors (Lipinski definition) is 3. The first-order valence-corrected chi connectivity index (χ1v) is 12.4. The molecule has 35 heavy (non-hydrogen) atoms. The van der Waals surface area contributed by atoms with E-state index in [1.807, 2.05) is 18.2 Å². The molecule has 3 aromatic carbocycles. The van der Waals surface area contributed by atoms with Crippen molar-refractivity contribution < 1.29 is 13.6 Å². The Morgan fingerprint density at radius 2 is 1.71 bits per heavy atom. The van der Waals surface area contributed by atoms with Crippen molar-refractivity contribution >= 4 is 22.6 Å². The van der Waals surface area contributed by atoms with Gasteiger partial charge in [0.1, 0.15) is 17.2 Å². The fourth-order valence-electron chi connectivity index (χ4n) is 5.31. The van der Waals surface area contributed by atoms with Crippen LogP contribution >= 0.6 is 0 Å². The van der Waals surface area contributed by atoms with Crippen LogP contribution in [0.25, 0.3) is 33.4 Å². The highest BCUT2D eigenvalue weighted by Gasteiger charge is 2.25. The van der Waals surface area contributed by atoms with E-state index in [1.54, 1.807) is 19.2 Å². The summed E-state index contributed by atoms with van der Waals surface area (Å²) in [5.41, 5.74) is 5.01. The molecule has 0 aliphatic heterocycles. The smallest absolute Gasteiger partial charge is 0.255 e. The van der Waals surface area contributed by atoms with Crippen molar-refractivity contribution in [3.8, 4) is 22.5 Å². The maximum absolute atomic E-state index is 13.6. The van der Waals surface area contributed by atoms with Crippen molar-refractivity contribution in [3.05, 3.63) is 78.1 Å². The number of hydrogen-bond donors (Lipinski definition) is 1. The molecule has 0 bridgehead atoms. The van der Waals surface area contributed by atoms with Crippen molar-refractivity contribution in [3.63, 3.8) is 0 Å². The van der Waals surface area contributed by atoms with Gasteiger partial charge in [0.05, 0.1) is 5.56 Å². The van der Waals surface area contributed by atoms with Crippen LogP contribution in [0, 0.1) is 11.7 Å². The quantitative estimate of drug-likeness (QED) is 0.322. The zero-order valence-electron chi connectivity index (χ0n) is 20.3. The summed E-state index contributed by atoms with van der Waals surface area (Å²) in [6.07, 6.45) is 6.48. The second kappa shape index (κ2) is 9.95. The van der Waals surface area contributed by atoms with Gasteiger partial charge in [-0.3, -0.25) is 4.79 Å². The Morgan fingerprint density at radius 3 is 2.40 bits per heavy atom. The number of rotatable bonds is 6. The van der Waals surface area contributed by atoms with Crippen LogP contribution in [0.5, 0.6) is 0 Å². The fraction of sp³-hybridized carbons (Fsp3) is 0.300. The third-order valence-corrected chi connectivity index (χ3v) is 7.12. The Balaban J connectivity index is 1.68. The van der Waals surface area contributed by atoms with E-state index in [4.69, 9.17) is 4.42 Å². The molecule has 1 aliphatic rings. The standard InChI is InChI=1S/C30H31FN2O2/c1-32-30(34)28-25-17-24(21-11-7-4-8-12-21)26(33(2)19-20-9-5-3-6-10-20)18-27(25)35-29(28)22-13-15-23(31)16-14-22/h4,7-8,11-18,20H,3,5-6,9-10,19H2,1-2H3,(H,32,34). The Morgan fingerprint density at radius 1 is 1.00 bits per heavy atom. The number of carbonyl (C=O) groups excluding carboxylic acids is 1. The largest absolute Gasteiger partial charge is 0.455 e. The Kier molecular flexibility index (Phi) is 6.58. The molecular formula is C30H31FN2O2. The van der Waals surface area contributed by atoms with Gasteiger partial charge in [0, 0.05) is 48.9 Å². The van der Waals surface area contributed by atoms with Gasteiger partial charge in [-0.2, -0.15) is 0 Å². The Labute approximate surface area is 205 Å². The summed E-state index contributed by atoms with van der Waals surface area (Å²) >= 11 is 0. The minimum absolute atomic E-state index is 0.231. The van der Waals surface area contributed by atoms with Crippen LogP contribution < -0.4 is 10.2 Å². The molecule has 0 atom stereocenters. The minimum atomic E-state index is -0.329. The average Bonchev–Trinajstić information content (AvgIpc) is 3.27. The number of halogens is 1. The molecule has 5 rings (SSSR count). The number of amides is 1. The van der Waals surface area contributed by atoms with E-state index in [0.717, 1.165) is 28.7 Å². The van der Waals surface area contributed by atoms with E-state index < -0.39 is 0 Å². The van der Waals surface area contributed by atoms with Gasteiger partial charge in [0.15, 0.2) is 0 Å². The molecule has 0 spiro atoms. The van der Waals surface area contributed by atoms with Crippen LogP contribution in [-0.2, 0) is 0 Å². The molecule has 0 radical (unpaired) electrons. The number of fused-ring (bicyclic) bond motifs is 1. The molecule has 1 aromatic heterocycles. The monoisotopic (exact) mass is 470 g/mol. The van der Waals surface area contributed by atoms with Gasteiger partial charge < -0.3 is 14.6 Å². The van der Waals surface area contributed by atoms with E-state index in [1.165, 1.54) is 44.2 Å². The molecular weight excluding hydrogens is 439 g/mol. The molecule has 1 saturated carbocycles. The minimum Gasteiger partial charge on any atom is -0.455 e. The summed E-state index contributed by atoms with van der Waals surface area (Å²) < 4.78 is 19.9. The van der Waals surface area contributed by atoms with Gasteiger partial charge >= 0.3 is 0 Å². The predicted octanol–water partition coefficient (Wildman–Crippen LogP) is 7.28. The number of furan rings is 1. The number of carbonyl (C=O) groups is 1. The lowest BCUT2D eigenvalue weighted by Crippen LogP contribution is -2.27. The molecule has 1 fully saturated rings. The molecule has 5 heteroatoms.